The summed E-state index contributed by atoms with van der Waals surface area (Å²) in [6.45, 7) is 0.895. The van der Waals surface area contributed by atoms with Crippen LogP contribution in [0.2, 0.25) is 0 Å². The van der Waals surface area contributed by atoms with Crippen molar-refractivity contribution in [3.8, 4) is 0 Å². The van der Waals surface area contributed by atoms with Crippen LogP contribution in [0.5, 0.6) is 0 Å². The van der Waals surface area contributed by atoms with Crippen LogP contribution in [-0.2, 0) is 13.0 Å². The first-order valence-corrected chi connectivity index (χ1v) is 7.02. The zero-order chi connectivity index (χ0) is 12.7. The van der Waals surface area contributed by atoms with Gasteiger partial charge in [0.25, 0.3) is 0 Å². The van der Waals surface area contributed by atoms with Crippen LogP contribution in [0, 0.1) is 0 Å². The zero-order valence-electron chi connectivity index (χ0n) is 10.8. The number of benzene rings is 1. The molecule has 2 aromatic rings. The Bertz CT molecular complexity index is 587. The molecular formula is C16H17N3. The topological polar surface area (TPSA) is 37.8 Å². The van der Waals surface area contributed by atoms with Crippen molar-refractivity contribution < 1.29 is 0 Å². The van der Waals surface area contributed by atoms with Crippen molar-refractivity contribution in [2.75, 3.05) is 0 Å². The van der Waals surface area contributed by atoms with Crippen molar-refractivity contribution in [2.24, 2.45) is 0 Å². The Morgan fingerprint density at radius 3 is 2.63 bits per heavy atom. The van der Waals surface area contributed by atoms with Crippen LogP contribution >= 0.6 is 0 Å². The molecule has 4 rings (SSSR count). The molecule has 1 heterocycles. The van der Waals surface area contributed by atoms with E-state index in [9.17, 15) is 0 Å². The summed E-state index contributed by atoms with van der Waals surface area (Å²) >= 11 is 0. The Labute approximate surface area is 113 Å². The van der Waals surface area contributed by atoms with Gasteiger partial charge in [0.05, 0.1) is 0 Å². The molecule has 1 unspecified atom stereocenters. The van der Waals surface area contributed by atoms with Crippen LogP contribution in [0.4, 0.5) is 0 Å². The first kappa shape index (κ1) is 11.1. The third-order valence-corrected chi connectivity index (χ3v) is 4.06. The molecule has 1 atom stereocenters. The lowest BCUT2D eigenvalue weighted by Gasteiger charge is -2.28. The summed E-state index contributed by atoms with van der Waals surface area (Å²) in [4.78, 5) is 9.09. The van der Waals surface area contributed by atoms with Gasteiger partial charge in [0.1, 0.15) is 5.82 Å². The molecule has 0 radical (unpaired) electrons. The second-order valence-corrected chi connectivity index (χ2v) is 5.56. The van der Waals surface area contributed by atoms with E-state index < -0.39 is 0 Å². The molecule has 3 nitrogen and oxygen atoms in total. The van der Waals surface area contributed by atoms with E-state index in [4.69, 9.17) is 0 Å². The molecule has 1 saturated carbocycles. The van der Waals surface area contributed by atoms with Crippen molar-refractivity contribution >= 4 is 0 Å². The Morgan fingerprint density at radius 2 is 1.89 bits per heavy atom. The summed E-state index contributed by atoms with van der Waals surface area (Å²) < 4.78 is 0. The first-order valence-electron chi connectivity index (χ1n) is 7.02. The number of hydrogen-bond acceptors (Lipinski definition) is 3. The fourth-order valence-electron chi connectivity index (χ4n) is 2.67. The smallest absolute Gasteiger partial charge is 0.136 e. The predicted molar refractivity (Wildman–Crippen MR) is 73.9 cm³/mol. The summed E-state index contributed by atoms with van der Waals surface area (Å²) in [5.41, 5.74) is 4.02. The molecule has 96 valence electrons. The second-order valence-electron chi connectivity index (χ2n) is 5.56. The minimum atomic E-state index is 0.404. The minimum absolute atomic E-state index is 0.404. The summed E-state index contributed by atoms with van der Waals surface area (Å²) in [6.07, 6.45) is 7.66. The first-order chi connectivity index (χ1) is 9.40. The minimum Gasteiger partial charge on any atom is -0.310 e. The second kappa shape index (κ2) is 4.42. The lowest BCUT2D eigenvalue weighted by molar-refractivity contribution is 0.647. The number of rotatable bonds is 4. The average Bonchev–Trinajstić information content (AvgIpc) is 3.23. The quantitative estimate of drug-likeness (QED) is 0.906. The molecule has 0 bridgehead atoms. The van der Waals surface area contributed by atoms with E-state index in [0.29, 0.717) is 5.92 Å². The van der Waals surface area contributed by atoms with Gasteiger partial charge in [-0.25, -0.2) is 9.97 Å². The molecular weight excluding hydrogens is 234 g/mol. The van der Waals surface area contributed by atoms with E-state index in [1.54, 1.807) is 0 Å². The normalized spacial score (nSPS) is 20.7. The lowest BCUT2D eigenvalue weighted by Crippen LogP contribution is -2.21. The predicted octanol–water partition coefficient (Wildman–Crippen LogP) is 2.42. The van der Waals surface area contributed by atoms with Gasteiger partial charge >= 0.3 is 0 Å². The molecule has 2 aliphatic carbocycles. The largest absolute Gasteiger partial charge is 0.310 e. The number of fused-ring (bicyclic) bond motifs is 1. The molecule has 2 aliphatic rings. The van der Waals surface area contributed by atoms with Crippen molar-refractivity contribution in [3.63, 3.8) is 0 Å². The number of hydrogen-bond donors (Lipinski definition) is 1. The SMILES string of the molecule is c1ccc2c(c1)CC2c1ncc(CNC2CC2)cn1. The van der Waals surface area contributed by atoms with Gasteiger partial charge in [-0.1, -0.05) is 24.3 Å². The molecule has 0 saturated heterocycles. The van der Waals surface area contributed by atoms with E-state index in [2.05, 4.69) is 39.6 Å². The van der Waals surface area contributed by atoms with Gasteiger partial charge in [-0.15, -0.1) is 0 Å². The van der Waals surface area contributed by atoms with Gasteiger partial charge in [0.2, 0.25) is 0 Å². The number of nitrogens with zero attached hydrogens (tertiary/aromatic N) is 2. The third kappa shape index (κ3) is 2.15. The third-order valence-electron chi connectivity index (χ3n) is 4.06. The molecule has 3 heteroatoms. The zero-order valence-corrected chi connectivity index (χ0v) is 10.8. The van der Waals surface area contributed by atoms with E-state index in [1.165, 1.54) is 29.5 Å². The van der Waals surface area contributed by atoms with E-state index in [-0.39, 0.29) is 0 Å². The maximum Gasteiger partial charge on any atom is 0.136 e. The highest BCUT2D eigenvalue weighted by Gasteiger charge is 2.29. The van der Waals surface area contributed by atoms with Gasteiger partial charge in [-0.3, -0.25) is 0 Å². The molecule has 0 aliphatic heterocycles. The summed E-state index contributed by atoms with van der Waals surface area (Å²) in [5, 5.41) is 3.49. The number of nitrogens with one attached hydrogen (secondary N) is 1. The summed E-state index contributed by atoms with van der Waals surface area (Å²) in [7, 11) is 0. The lowest BCUT2D eigenvalue weighted by atomic mass is 9.77. The molecule has 1 N–H and O–H groups in total. The van der Waals surface area contributed by atoms with Crippen LogP contribution in [0.25, 0.3) is 0 Å². The van der Waals surface area contributed by atoms with E-state index in [0.717, 1.165) is 24.8 Å². The molecule has 1 aromatic carbocycles. The van der Waals surface area contributed by atoms with Gasteiger partial charge in [-0.2, -0.15) is 0 Å². The van der Waals surface area contributed by atoms with E-state index >= 15 is 0 Å². The van der Waals surface area contributed by atoms with Gasteiger partial charge < -0.3 is 5.32 Å². The molecule has 1 fully saturated rings. The van der Waals surface area contributed by atoms with Crippen LogP contribution in [0.15, 0.2) is 36.7 Å². The van der Waals surface area contributed by atoms with Gasteiger partial charge in [0.15, 0.2) is 0 Å². The van der Waals surface area contributed by atoms with Crippen LogP contribution in [-0.4, -0.2) is 16.0 Å². The standard InChI is InChI=1S/C16H17N3/c1-2-4-14-12(3-1)7-15(14)16-18-9-11(10-19-16)8-17-13-5-6-13/h1-4,9-10,13,15,17H,5-8H2. The van der Waals surface area contributed by atoms with Crippen molar-refractivity contribution in [1.82, 2.24) is 15.3 Å². The van der Waals surface area contributed by atoms with Crippen molar-refractivity contribution in [2.45, 2.75) is 37.8 Å². The van der Waals surface area contributed by atoms with E-state index in [1.807, 2.05) is 12.4 Å². The van der Waals surface area contributed by atoms with Crippen LogP contribution in [0.3, 0.4) is 0 Å². The van der Waals surface area contributed by atoms with Gasteiger partial charge in [-0.05, 0) is 30.4 Å². The Morgan fingerprint density at radius 1 is 1.11 bits per heavy atom. The summed E-state index contributed by atoms with van der Waals surface area (Å²) in [6, 6.07) is 9.31. The van der Waals surface area contributed by atoms with Gasteiger partial charge in [0, 0.05) is 36.5 Å². The summed E-state index contributed by atoms with van der Waals surface area (Å²) in [5.74, 6) is 1.37. The molecule has 0 amide bonds. The average molecular weight is 251 g/mol. The fourth-order valence-corrected chi connectivity index (χ4v) is 2.67. The maximum absolute atomic E-state index is 4.55. The Balaban J connectivity index is 1.47. The van der Waals surface area contributed by atoms with Crippen molar-refractivity contribution in [1.29, 1.82) is 0 Å². The maximum atomic E-state index is 4.55. The highest BCUT2D eigenvalue weighted by atomic mass is 15.0. The van der Waals surface area contributed by atoms with Crippen LogP contribution < -0.4 is 5.32 Å². The highest BCUT2D eigenvalue weighted by Crippen LogP contribution is 2.38. The number of aromatic nitrogens is 2. The van der Waals surface area contributed by atoms with Crippen molar-refractivity contribution in [3.05, 3.63) is 59.2 Å². The Kier molecular flexibility index (Phi) is 2.59. The monoisotopic (exact) mass is 251 g/mol. The molecule has 1 aromatic heterocycles. The van der Waals surface area contributed by atoms with Crippen LogP contribution in [0.1, 0.15) is 41.3 Å². The fraction of sp³-hybridized carbons (Fsp3) is 0.375. The highest BCUT2D eigenvalue weighted by molar-refractivity contribution is 5.43. The molecule has 19 heavy (non-hydrogen) atoms. The molecule has 0 spiro atoms. The Hall–Kier alpha value is -1.74.